The second kappa shape index (κ2) is 5.48. The number of carbonyl (C=O) groups excluding carboxylic acids is 1. The normalized spacial score (nSPS) is 12.4. The molecule has 0 aromatic carbocycles. The van der Waals surface area contributed by atoms with Crippen LogP contribution in [0.3, 0.4) is 0 Å². The molecule has 0 saturated carbocycles. The van der Waals surface area contributed by atoms with Crippen molar-refractivity contribution >= 4 is 5.91 Å². The molecule has 0 aliphatic heterocycles. The number of nitrogens with one attached hydrogen (secondary N) is 2. The van der Waals surface area contributed by atoms with Gasteiger partial charge in [0.05, 0.1) is 17.4 Å². The molecular weight excluding hydrogens is 256 g/mol. The third-order valence-corrected chi connectivity index (χ3v) is 3.32. The Kier molecular flexibility index (Phi) is 3.92. The summed E-state index contributed by atoms with van der Waals surface area (Å²) in [5.74, 6) is 0.616. The highest BCUT2D eigenvalue weighted by molar-refractivity contribution is 5.92. The fraction of sp³-hybridized carbons (Fsp3) is 0.500. The molecule has 2 aromatic heterocycles. The summed E-state index contributed by atoms with van der Waals surface area (Å²) in [5.41, 5.74) is 3.47. The Labute approximate surface area is 118 Å². The lowest BCUT2D eigenvalue weighted by Crippen LogP contribution is -2.27. The molecular formula is C14H20N4O2. The highest BCUT2D eigenvalue weighted by Crippen LogP contribution is 2.20. The van der Waals surface area contributed by atoms with Gasteiger partial charge in [-0.05, 0) is 27.7 Å². The average molecular weight is 276 g/mol. The third kappa shape index (κ3) is 2.59. The number of carbonyl (C=O) groups is 1. The van der Waals surface area contributed by atoms with Gasteiger partial charge in [0.25, 0.3) is 5.91 Å². The zero-order valence-corrected chi connectivity index (χ0v) is 12.5. The van der Waals surface area contributed by atoms with Crippen LogP contribution in [0.1, 0.15) is 59.0 Å². The van der Waals surface area contributed by atoms with Crippen molar-refractivity contribution in [1.29, 1.82) is 0 Å². The van der Waals surface area contributed by atoms with Gasteiger partial charge in [-0.25, -0.2) is 4.98 Å². The summed E-state index contributed by atoms with van der Waals surface area (Å²) in [6.07, 6.45) is 0.670. The minimum absolute atomic E-state index is 0.143. The maximum atomic E-state index is 12.2. The largest absolute Gasteiger partial charge is 0.435 e. The number of H-pyrrole nitrogens is 1. The number of aromatic nitrogens is 3. The first-order chi connectivity index (χ1) is 9.43. The number of hydrogen-bond donors (Lipinski definition) is 2. The second-order valence-electron chi connectivity index (χ2n) is 4.92. The fourth-order valence-corrected chi connectivity index (χ4v) is 2.35. The molecule has 0 unspecified atom stereocenters. The maximum absolute atomic E-state index is 12.2. The van der Waals surface area contributed by atoms with E-state index in [2.05, 4.69) is 20.5 Å². The van der Waals surface area contributed by atoms with E-state index in [0.29, 0.717) is 18.0 Å². The predicted molar refractivity (Wildman–Crippen MR) is 74.6 cm³/mol. The van der Waals surface area contributed by atoms with Gasteiger partial charge in [0.15, 0.2) is 5.89 Å². The van der Waals surface area contributed by atoms with Crippen molar-refractivity contribution in [2.45, 2.75) is 47.1 Å². The Morgan fingerprint density at radius 2 is 2.05 bits per heavy atom. The Balaban J connectivity index is 2.17. The minimum atomic E-state index is -0.248. The van der Waals surface area contributed by atoms with Gasteiger partial charge < -0.3 is 9.73 Å². The van der Waals surface area contributed by atoms with E-state index >= 15 is 0 Å². The van der Waals surface area contributed by atoms with Gasteiger partial charge >= 0.3 is 0 Å². The third-order valence-electron chi connectivity index (χ3n) is 3.32. The van der Waals surface area contributed by atoms with Crippen molar-refractivity contribution in [2.75, 3.05) is 0 Å². The smallest absolute Gasteiger partial charge is 0.289 e. The van der Waals surface area contributed by atoms with E-state index in [9.17, 15) is 4.79 Å². The number of aromatic amines is 1. The summed E-state index contributed by atoms with van der Waals surface area (Å²) in [6.45, 7) is 9.49. The summed E-state index contributed by atoms with van der Waals surface area (Å²) >= 11 is 0. The monoisotopic (exact) mass is 276 g/mol. The number of amides is 1. The van der Waals surface area contributed by atoms with Gasteiger partial charge in [-0.3, -0.25) is 9.89 Å². The van der Waals surface area contributed by atoms with E-state index < -0.39 is 0 Å². The van der Waals surface area contributed by atoms with E-state index in [4.69, 9.17) is 4.42 Å². The van der Waals surface area contributed by atoms with Gasteiger partial charge in [0, 0.05) is 17.7 Å². The van der Waals surface area contributed by atoms with Gasteiger partial charge in [-0.15, -0.1) is 0 Å². The van der Waals surface area contributed by atoms with E-state index in [1.165, 1.54) is 0 Å². The van der Waals surface area contributed by atoms with Crippen LogP contribution >= 0.6 is 0 Å². The molecule has 20 heavy (non-hydrogen) atoms. The molecule has 0 fully saturated rings. The standard InChI is InChI=1S/C14H20N4O2/c1-6-11-15-10(5)13(20-11)14(19)16-7(2)12-8(3)17-18-9(12)4/h7H,6H2,1-5H3,(H,16,19)(H,17,18)/t7-/m0/s1. The number of aryl methyl sites for hydroxylation is 4. The lowest BCUT2D eigenvalue weighted by molar-refractivity contribution is 0.0909. The van der Waals surface area contributed by atoms with Crippen LogP contribution in [0.5, 0.6) is 0 Å². The van der Waals surface area contributed by atoms with Crippen molar-refractivity contribution in [3.05, 3.63) is 34.3 Å². The summed E-state index contributed by atoms with van der Waals surface area (Å²) < 4.78 is 5.46. The molecule has 0 aliphatic rings. The summed E-state index contributed by atoms with van der Waals surface area (Å²) in [4.78, 5) is 16.5. The SMILES string of the molecule is CCc1nc(C)c(C(=O)N[C@@H](C)c2c(C)n[nH]c2C)o1. The quantitative estimate of drug-likeness (QED) is 0.898. The Hall–Kier alpha value is -2.11. The fourth-order valence-electron chi connectivity index (χ4n) is 2.35. The van der Waals surface area contributed by atoms with Gasteiger partial charge in [0.2, 0.25) is 5.76 Å². The molecule has 0 aliphatic carbocycles. The van der Waals surface area contributed by atoms with Crippen LogP contribution in [0, 0.1) is 20.8 Å². The van der Waals surface area contributed by atoms with Gasteiger partial charge in [0.1, 0.15) is 0 Å². The van der Waals surface area contributed by atoms with Crippen LogP contribution in [0.25, 0.3) is 0 Å². The zero-order valence-electron chi connectivity index (χ0n) is 12.5. The van der Waals surface area contributed by atoms with E-state index in [0.717, 1.165) is 17.0 Å². The molecule has 0 saturated heterocycles. The first-order valence-corrected chi connectivity index (χ1v) is 6.72. The van der Waals surface area contributed by atoms with Gasteiger partial charge in [-0.2, -0.15) is 5.10 Å². The Morgan fingerprint density at radius 3 is 2.55 bits per heavy atom. The van der Waals surface area contributed by atoms with E-state index in [1.807, 2.05) is 27.7 Å². The highest BCUT2D eigenvalue weighted by atomic mass is 16.4. The molecule has 6 heteroatoms. The van der Waals surface area contributed by atoms with Crippen molar-refractivity contribution < 1.29 is 9.21 Å². The van der Waals surface area contributed by atoms with E-state index in [-0.39, 0.29) is 17.7 Å². The molecule has 2 aromatic rings. The minimum Gasteiger partial charge on any atom is -0.435 e. The number of rotatable bonds is 4. The lowest BCUT2D eigenvalue weighted by Gasteiger charge is -2.13. The molecule has 2 N–H and O–H groups in total. The number of oxazole rings is 1. The van der Waals surface area contributed by atoms with Crippen LogP contribution in [0.2, 0.25) is 0 Å². The van der Waals surface area contributed by atoms with Crippen LogP contribution in [0.4, 0.5) is 0 Å². The average Bonchev–Trinajstić information content (AvgIpc) is 2.92. The predicted octanol–water partition coefficient (Wildman–Crippen LogP) is 2.38. The van der Waals surface area contributed by atoms with Crippen LogP contribution in [0.15, 0.2) is 4.42 Å². The van der Waals surface area contributed by atoms with Crippen molar-refractivity contribution in [3.8, 4) is 0 Å². The zero-order chi connectivity index (χ0) is 14.9. The molecule has 6 nitrogen and oxygen atoms in total. The van der Waals surface area contributed by atoms with Crippen LogP contribution in [-0.2, 0) is 6.42 Å². The van der Waals surface area contributed by atoms with Gasteiger partial charge in [-0.1, -0.05) is 6.92 Å². The second-order valence-corrected chi connectivity index (χ2v) is 4.92. The molecule has 2 heterocycles. The Morgan fingerprint density at radius 1 is 1.35 bits per heavy atom. The number of hydrogen-bond acceptors (Lipinski definition) is 4. The van der Waals surface area contributed by atoms with Crippen molar-refractivity contribution in [2.24, 2.45) is 0 Å². The van der Waals surface area contributed by atoms with Crippen LogP contribution in [-0.4, -0.2) is 21.1 Å². The van der Waals surface area contributed by atoms with E-state index in [1.54, 1.807) is 6.92 Å². The van der Waals surface area contributed by atoms with Crippen LogP contribution < -0.4 is 5.32 Å². The Bertz CT molecular complexity index is 608. The van der Waals surface area contributed by atoms with Crippen molar-refractivity contribution in [3.63, 3.8) is 0 Å². The highest BCUT2D eigenvalue weighted by Gasteiger charge is 2.21. The molecule has 108 valence electrons. The molecule has 2 rings (SSSR count). The molecule has 0 bridgehead atoms. The number of nitrogens with zero attached hydrogens (tertiary/aromatic N) is 2. The summed E-state index contributed by atoms with van der Waals surface area (Å²) in [7, 11) is 0. The molecule has 1 amide bonds. The first kappa shape index (κ1) is 14.3. The molecule has 1 atom stereocenters. The molecule has 0 radical (unpaired) electrons. The summed E-state index contributed by atoms with van der Waals surface area (Å²) in [5, 5.41) is 9.98. The lowest BCUT2D eigenvalue weighted by atomic mass is 10.1. The molecule has 0 spiro atoms. The first-order valence-electron chi connectivity index (χ1n) is 6.72. The summed E-state index contributed by atoms with van der Waals surface area (Å²) in [6, 6.07) is -0.143. The van der Waals surface area contributed by atoms with Crippen molar-refractivity contribution in [1.82, 2.24) is 20.5 Å². The maximum Gasteiger partial charge on any atom is 0.289 e. The topological polar surface area (TPSA) is 83.8 Å².